The van der Waals surface area contributed by atoms with Gasteiger partial charge in [0.05, 0.1) is 6.10 Å². The van der Waals surface area contributed by atoms with Crippen molar-refractivity contribution in [1.82, 2.24) is 0 Å². The van der Waals surface area contributed by atoms with E-state index >= 15 is 0 Å². The Balaban J connectivity index is 1.77. The van der Waals surface area contributed by atoms with Crippen molar-refractivity contribution in [3.63, 3.8) is 0 Å². The minimum absolute atomic E-state index is 0.134. The zero-order chi connectivity index (χ0) is 13.8. The van der Waals surface area contributed by atoms with Crippen LogP contribution in [0.2, 0.25) is 0 Å². The molecule has 1 fully saturated rings. The van der Waals surface area contributed by atoms with E-state index in [1.54, 1.807) is 0 Å². The van der Waals surface area contributed by atoms with E-state index in [0.717, 1.165) is 42.3 Å². The van der Waals surface area contributed by atoms with Crippen molar-refractivity contribution in [1.29, 1.82) is 0 Å². The molecule has 0 aromatic heterocycles. The van der Waals surface area contributed by atoms with Gasteiger partial charge in [-0.1, -0.05) is 22.0 Å². The van der Waals surface area contributed by atoms with Crippen LogP contribution in [0.5, 0.6) is 0 Å². The van der Waals surface area contributed by atoms with Gasteiger partial charge in [-0.2, -0.15) is 0 Å². The summed E-state index contributed by atoms with van der Waals surface area (Å²) in [4.78, 5) is 0. The molecular formula is C15H21BrFNO. The topological polar surface area (TPSA) is 35.2 Å². The first-order chi connectivity index (χ1) is 9.08. The number of nitrogens with two attached hydrogens (primary N) is 1. The Hall–Kier alpha value is -0.450. The maximum absolute atomic E-state index is 13.0. The molecule has 0 saturated heterocycles. The first kappa shape index (κ1) is 14.9. The minimum atomic E-state index is -0.220. The summed E-state index contributed by atoms with van der Waals surface area (Å²) in [5.74, 6) is 0.466. The molecule has 2 rings (SSSR count). The zero-order valence-corrected chi connectivity index (χ0v) is 12.8. The maximum atomic E-state index is 13.0. The Bertz CT molecular complexity index is 421. The van der Waals surface area contributed by atoms with Crippen LogP contribution < -0.4 is 5.73 Å². The lowest BCUT2D eigenvalue weighted by atomic mass is 9.77. The summed E-state index contributed by atoms with van der Waals surface area (Å²) in [5.41, 5.74) is 7.27. The van der Waals surface area contributed by atoms with Gasteiger partial charge < -0.3 is 10.5 Å². The van der Waals surface area contributed by atoms with Crippen molar-refractivity contribution in [2.75, 3.05) is 6.61 Å². The fraction of sp³-hybridized carbons (Fsp3) is 0.600. The summed E-state index contributed by atoms with van der Waals surface area (Å²) in [6.07, 6.45) is 4.52. The van der Waals surface area contributed by atoms with Crippen LogP contribution in [0.3, 0.4) is 0 Å². The molecule has 106 valence electrons. The molecule has 0 heterocycles. The molecule has 0 amide bonds. The van der Waals surface area contributed by atoms with Crippen LogP contribution in [0.4, 0.5) is 4.39 Å². The molecule has 1 aliphatic carbocycles. The molecule has 1 aliphatic rings. The Labute approximate surface area is 122 Å². The van der Waals surface area contributed by atoms with Gasteiger partial charge in [0.1, 0.15) is 5.82 Å². The molecule has 0 spiro atoms. The first-order valence-electron chi connectivity index (χ1n) is 6.89. The second kappa shape index (κ2) is 6.82. The number of rotatable bonds is 6. The summed E-state index contributed by atoms with van der Waals surface area (Å²) < 4.78 is 19.4. The zero-order valence-electron chi connectivity index (χ0n) is 11.2. The predicted octanol–water partition coefficient (Wildman–Crippen LogP) is 3.66. The molecule has 2 N–H and O–H groups in total. The molecule has 1 aromatic rings. The molecule has 0 radical (unpaired) electrons. The Morgan fingerprint density at radius 3 is 2.84 bits per heavy atom. The molecule has 2 nitrogen and oxygen atoms in total. The Kier molecular flexibility index (Phi) is 5.37. The lowest BCUT2D eigenvalue weighted by molar-refractivity contribution is -0.0280. The molecule has 0 aliphatic heterocycles. The monoisotopic (exact) mass is 329 g/mol. The van der Waals surface area contributed by atoms with E-state index in [0.29, 0.717) is 12.0 Å². The van der Waals surface area contributed by atoms with Crippen molar-refractivity contribution in [2.24, 2.45) is 11.7 Å². The lowest BCUT2D eigenvalue weighted by Crippen LogP contribution is -2.36. The van der Waals surface area contributed by atoms with Crippen LogP contribution in [0, 0.1) is 11.7 Å². The van der Waals surface area contributed by atoms with Gasteiger partial charge in [-0.15, -0.1) is 0 Å². The number of hydrogen-bond donors (Lipinski definition) is 1. The summed E-state index contributed by atoms with van der Waals surface area (Å²) in [6, 6.07) is 4.93. The van der Waals surface area contributed by atoms with E-state index in [1.807, 2.05) is 13.0 Å². The highest BCUT2D eigenvalue weighted by Crippen LogP contribution is 2.34. The van der Waals surface area contributed by atoms with Crippen LogP contribution in [-0.4, -0.2) is 18.8 Å². The van der Waals surface area contributed by atoms with Gasteiger partial charge in [-0.3, -0.25) is 0 Å². The second-order valence-corrected chi connectivity index (χ2v) is 6.20. The van der Waals surface area contributed by atoms with Crippen LogP contribution in [0.25, 0.3) is 0 Å². The second-order valence-electron chi connectivity index (χ2n) is 5.35. The van der Waals surface area contributed by atoms with Crippen LogP contribution in [-0.2, 0) is 11.2 Å². The number of ether oxygens (including phenoxy) is 1. The van der Waals surface area contributed by atoms with Gasteiger partial charge in [-0.25, -0.2) is 4.39 Å². The average molecular weight is 330 g/mol. The van der Waals surface area contributed by atoms with Gasteiger partial charge in [0.25, 0.3) is 0 Å². The highest BCUT2D eigenvalue weighted by molar-refractivity contribution is 9.10. The third-order valence-electron chi connectivity index (χ3n) is 3.73. The molecule has 1 aromatic carbocycles. The highest BCUT2D eigenvalue weighted by Gasteiger charge is 2.30. The van der Waals surface area contributed by atoms with E-state index in [-0.39, 0.29) is 11.9 Å². The summed E-state index contributed by atoms with van der Waals surface area (Å²) in [5, 5.41) is 0. The third-order valence-corrected chi connectivity index (χ3v) is 4.47. The SMILES string of the molecule is CCOC1CC(CC(N)Cc2ccc(F)cc2Br)C1. The first-order valence-corrected chi connectivity index (χ1v) is 7.69. The molecule has 1 saturated carbocycles. The number of hydrogen-bond acceptors (Lipinski definition) is 2. The fourth-order valence-electron chi connectivity index (χ4n) is 2.72. The number of benzene rings is 1. The van der Waals surface area contributed by atoms with E-state index in [1.165, 1.54) is 12.1 Å². The molecule has 1 unspecified atom stereocenters. The molecule has 0 bridgehead atoms. The summed E-state index contributed by atoms with van der Waals surface area (Å²) in [7, 11) is 0. The predicted molar refractivity (Wildman–Crippen MR) is 78.5 cm³/mol. The summed E-state index contributed by atoms with van der Waals surface area (Å²) in [6.45, 7) is 2.83. The fourth-order valence-corrected chi connectivity index (χ4v) is 3.23. The Morgan fingerprint density at radius 2 is 2.21 bits per heavy atom. The molecular weight excluding hydrogens is 309 g/mol. The van der Waals surface area contributed by atoms with Gasteiger partial charge in [-0.05, 0) is 56.2 Å². The van der Waals surface area contributed by atoms with E-state index in [9.17, 15) is 4.39 Å². The van der Waals surface area contributed by atoms with E-state index in [2.05, 4.69) is 15.9 Å². The van der Waals surface area contributed by atoms with Crippen LogP contribution in [0.15, 0.2) is 22.7 Å². The minimum Gasteiger partial charge on any atom is -0.378 e. The molecule has 1 atom stereocenters. The standard InChI is InChI=1S/C15H21BrFNO/c1-2-19-14-6-10(7-14)5-13(18)8-11-3-4-12(17)9-15(11)16/h3-4,9-10,13-14H,2,5-8,18H2,1H3. The molecule has 19 heavy (non-hydrogen) atoms. The van der Waals surface area contributed by atoms with Crippen molar-refractivity contribution < 1.29 is 9.13 Å². The maximum Gasteiger partial charge on any atom is 0.124 e. The largest absolute Gasteiger partial charge is 0.378 e. The van der Waals surface area contributed by atoms with Crippen LogP contribution >= 0.6 is 15.9 Å². The van der Waals surface area contributed by atoms with Crippen molar-refractivity contribution in [3.8, 4) is 0 Å². The number of halogens is 2. The van der Waals surface area contributed by atoms with Gasteiger partial charge >= 0.3 is 0 Å². The normalized spacial score (nSPS) is 24.0. The third kappa shape index (κ3) is 4.26. The van der Waals surface area contributed by atoms with Crippen molar-refractivity contribution >= 4 is 15.9 Å². The lowest BCUT2D eigenvalue weighted by Gasteiger charge is -2.36. The molecule has 4 heteroatoms. The average Bonchev–Trinajstić information content (AvgIpc) is 2.30. The van der Waals surface area contributed by atoms with Gasteiger partial charge in [0, 0.05) is 17.1 Å². The van der Waals surface area contributed by atoms with Crippen molar-refractivity contribution in [2.45, 2.75) is 44.8 Å². The smallest absolute Gasteiger partial charge is 0.124 e. The quantitative estimate of drug-likeness (QED) is 0.864. The van der Waals surface area contributed by atoms with Crippen LogP contribution in [0.1, 0.15) is 31.7 Å². The van der Waals surface area contributed by atoms with E-state index in [4.69, 9.17) is 10.5 Å². The summed E-state index contributed by atoms with van der Waals surface area (Å²) >= 11 is 3.39. The highest BCUT2D eigenvalue weighted by atomic mass is 79.9. The van der Waals surface area contributed by atoms with Gasteiger partial charge in [0.15, 0.2) is 0 Å². The van der Waals surface area contributed by atoms with Gasteiger partial charge in [0.2, 0.25) is 0 Å². The van der Waals surface area contributed by atoms with E-state index < -0.39 is 0 Å². The Morgan fingerprint density at radius 1 is 1.47 bits per heavy atom. The van der Waals surface area contributed by atoms with Crippen molar-refractivity contribution in [3.05, 3.63) is 34.1 Å².